The number of ether oxygens (including phenoxy) is 1. The number of para-hydroxylation sites is 2. The number of halogens is 1. The third-order valence-electron chi connectivity index (χ3n) is 5.78. The van der Waals surface area contributed by atoms with Gasteiger partial charge in [0.15, 0.2) is 5.78 Å². The zero-order chi connectivity index (χ0) is 20.7. The lowest BCUT2D eigenvalue weighted by Gasteiger charge is -2.35. The Morgan fingerprint density at radius 2 is 1.86 bits per heavy atom. The first-order chi connectivity index (χ1) is 13.9. The van der Waals surface area contributed by atoms with Gasteiger partial charge >= 0.3 is 5.97 Å². The van der Waals surface area contributed by atoms with Crippen molar-refractivity contribution in [2.24, 2.45) is 17.8 Å². The molecule has 0 unspecified atom stereocenters. The first kappa shape index (κ1) is 19.7. The fourth-order valence-corrected chi connectivity index (χ4v) is 4.61. The lowest BCUT2D eigenvalue weighted by molar-refractivity contribution is -0.152. The summed E-state index contributed by atoms with van der Waals surface area (Å²) in [7, 11) is 1.33. The van der Waals surface area contributed by atoms with Crippen LogP contribution >= 0.6 is 15.9 Å². The van der Waals surface area contributed by atoms with Gasteiger partial charge in [0, 0.05) is 10.2 Å². The summed E-state index contributed by atoms with van der Waals surface area (Å²) in [4.78, 5) is 26.0. The number of benzene rings is 2. The fraction of sp³-hybridized carbons (Fsp3) is 0.304. The predicted octanol–water partition coefficient (Wildman–Crippen LogP) is 4.84. The molecule has 0 radical (unpaired) electrons. The summed E-state index contributed by atoms with van der Waals surface area (Å²) < 4.78 is 5.92. The Bertz CT molecular complexity index is 1020. The van der Waals surface area contributed by atoms with Crippen LogP contribution in [0.3, 0.4) is 0 Å². The van der Waals surface area contributed by atoms with E-state index in [1.807, 2.05) is 62.4 Å². The highest BCUT2D eigenvalue weighted by Crippen LogP contribution is 2.44. The molecule has 0 saturated heterocycles. The maximum atomic E-state index is 13.6. The second-order valence-corrected chi connectivity index (χ2v) is 8.52. The number of carbonyl (C=O) groups is 2. The van der Waals surface area contributed by atoms with Crippen molar-refractivity contribution in [2.45, 2.75) is 19.9 Å². The molecular formula is C23H23BrN2O3. The highest BCUT2D eigenvalue weighted by molar-refractivity contribution is 9.10. The van der Waals surface area contributed by atoms with Crippen LogP contribution < -0.4 is 10.6 Å². The smallest absolute Gasteiger partial charge is 0.316 e. The molecule has 0 saturated carbocycles. The van der Waals surface area contributed by atoms with Gasteiger partial charge in [-0.1, -0.05) is 53.2 Å². The van der Waals surface area contributed by atoms with Gasteiger partial charge in [-0.15, -0.1) is 0 Å². The lowest BCUT2D eigenvalue weighted by Crippen LogP contribution is -2.43. The van der Waals surface area contributed by atoms with Gasteiger partial charge in [-0.2, -0.15) is 0 Å². The van der Waals surface area contributed by atoms with E-state index in [0.29, 0.717) is 0 Å². The van der Waals surface area contributed by atoms with Gasteiger partial charge in [0.05, 0.1) is 30.4 Å². The number of ketones is 1. The number of nitrogens with one attached hydrogen (secondary N) is 2. The molecule has 5 nitrogen and oxygen atoms in total. The second-order valence-electron chi connectivity index (χ2n) is 7.66. The molecule has 2 N–H and O–H groups in total. The largest absolute Gasteiger partial charge is 0.468 e. The molecule has 29 heavy (non-hydrogen) atoms. The van der Waals surface area contributed by atoms with E-state index in [1.54, 1.807) is 0 Å². The number of anilines is 2. The number of methoxy groups -OCH3 is 1. The van der Waals surface area contributed by atoms with Crippen LogP contribution in [-0.2, 0) is 14.3 Å². The molecule has 0 bridgehead atoms. The maximum absolute atomic E-state index is 13.6. The highest BCUT2D eigenvalue weighted by atomic mass is 79.9. The molecule has 4 atom stereocenters. The summed E-state index contributed by atoms with van der Waals surface area (Å²) in [5, 5.41) is 6.99. The van der Waals surface area contributed by atoms with Crippen LogP contribution in [0.4, 0.5) is 11.4 Å². The maximum Gasteiger partial charge on any atom is 0.316 e. The topological polar surface area (TPSA) is 67.4 Å². The quantitative estimate of drug-likeness (QED) is 0.501. The standard InChI is InChI=1S/C23H23BrN2O3/c1-12-8-9-14(11-15(12)24)21-20-18(25-16-6-4-5-7-17(16)26-21)10-13(2)19(22(20)27)23(28)29-3/h4-11,13,19-21,25-26H,1-3H3/t13-,19+,20-,21+/m1/s1. The van der Waals surface area contributed by atoms with Crippen LogP contribution in [0.25, 0.3) is 0 Å². The molecular weight excluding hydrogens is 432 g/mol. The number of carbonyl (C=O) groups excluding carboxylic acids is 2. The van der Waals surface area contributed by atoms with Crippen molar-refractivity contribution in [3.8, 4) is 0 Å². The van der Waals surface area contributed by atoms with Crippen molar-refractivity contribution in [1.82, 2.24) is 0 Å². The van der Waals surface area contributed by atoms with E-state index >= 15 is 0 Å². The van der Waals surface area contributed by atoms with E-state index in [2.05, 4.69) is 26.6 Å². The summed E-state index contributed by atoms with van der Waals surface area (Å²) in [6.45, 7) is 3.91. The van der Waals surface area contributed by atoms with Crippen molar-refractivity contribution in [2.75, 3.05) is 17.7 Å². The van der Waals surface area contributed by atoms with Gasteiger partial charge in [-0.3, -0.25) is 9.59 Å². The summed E-state index contributed by atoms with van der Waals surface area (Å²) in [6.07, 6.45) is 1.99. The van der Waals surface area contributed by atoms with Crippen molar-refractivity contribution in [3.63, 3.8) is 0 Å². The van der Waals surface area contributed by atoms with Gasteiger partial charge in [0.1, 0.15) is 5.92 Å². The number of Topliss-reactive ketones (excluding diaryl/α,β-unsaturated/α-hetero) is 1. The monoisotopic (exact) mass is 454 g/mol. The number of aryl methyl sites for hydroxylation is 1. The van der Waals surface area contributed by atoms with Crippen LogP contribution in [0.1, 0.15) is 24.1 Å². The molecule has 1 heterocycles. The number of hydrogen-bond acceptors (Lipinski definition) is 5. The Labute approximate surface area is 178 Å². The van der Waals surface area contributed by atoms with Gasteiger partial charge in [0.2, 0.25) is 0 Å². The zero-order valence-corrected chi connectivity index (χ0v) is 18.1. The van der Waals surface area contributed by atoms with Crippen LogP contribution in [-0.4, -0.2) is 18.9 Å². The van der Waals surface area contributed by atoms with Crippen molar-refractivity contribution in [3.05, 3.63) is 69.8 Å². The van der Waals surface area contributed by atoms with Crippen molar-refractivity contribution < 1.29 is 14.3 Å². The van der Waals surface area contributed by atoms with E-state index in [4.69, 9.17) is 4.74 Å². The Morgan fingerprint density at radius 3 is 2.55 bits per heavy atom. The Morgan fingerprint density at radius 1 is 1.14 bits per heavy atom. The van der Waals surface area contributed by atoms with Crippen molar-refractivity contribution >= 4 is 39.1 Å². The van der Waals surface area contributed by atoms with Crippen LogP contribution in [0, 0.1) is 24.7 Å². The minimum Gasteiger partial charge on any atom is -0.468 e. The third-order valence-corrected chi connectivity index (χ3v) is 6.63. The van der Waals surface area contributed by atoms with Gasteiger partial charge < -0.3 is 15.4 Å². The molecule has 150 valence electrons. The SMILES string of the molecule is COC(=O)[C@@H]1C(=O)[C@@H]2C(=C[C@H]1C)Nc1ccccc1N[C@H]2c1ccc(C)c(Br)c1. The minimum absolute atomic E-state index is 0.128. The minimum atomic E-state index is -0.810. The number of fused-ring (bicyclic) bond motifs is 2. The van der Waals surface area contributed by atoms with Crippen LogP contribution in [0.5, 0.6) is 0 Å². The number of allylic oxidation sites excluding steroid dienone is 1. The molecule has 2 aromatic rings. The van der Waals surface area contributed by atoms with E-state index in [-0.39, 0.29) is 17.7 Å². The van der Waals surface area contributed by atoms with Gasteiger partial charge in [-0.05, 0) is 42.2 Å². The number of hydrogen-bond donors (Lipinski definition) is 2. The molecule has 0 spiro atoms. The molecule has 6 heteroatoms. The highest BCUT2D eigenvalue weighted by Gasteiger charge is 2.46. The van der Waals surface area contributed by atoms with Crippen LogP contribution in [0.15, 0.2) is 58.7 Å². The Balaban J connectivity index is 1.87. The van der Waals surface area contributed by atoms with E-state index in [0.717, 1.165) is 32.7 Å². The molecule has 1 aliphatic carbocycles. The molecule has 2 aliphatic rings. The Kier molecular flexibility index (Phi) is 5.21. The average molecular weight is 455 g/mol. The summed E-state index contributed by atoms with van der Waals surface area (Å²) in [5.41, 5.74) is 4.74. The molecule has 0 amide bonds. The summed E-state index contributed by atoms with van der Waals surface area (Å²) in [5.74, 6) is -2.20. The van der Waals surface area contributed by atoms with Crippen LogP contribution in [0.2, 0.25) is 0 Å². The summed E-state index contributed by atoms with van der Waals surface area (Å²) >= 11 is 3.61. The molecule has 0 aromatic heterocycles. The lowest BCUT2D eigenvalue weighted by atomic mass is 9.72. The molecule has 0 fully saturated rings. The average Bonchev–Trinajstić information content (AvgIpc) is 2.86. The normalized spacial score (nSPS) is 25.5. The molecule has 2 aromatic carbocycles. The third kappa shape index (κ3) is 3.46. The number of esters is 1. The summed E-state index contributed by atoms with van der Waals surface area (Å²) in [6, 6.07) is 13.7. The Hall–Kier alpha value is -2.60. The van der Waals surface area contributed by atoms with E-state index in [9.17, 15) is 9.59 Å². The zero-order valence-electron chi connectivity index (χ0n) is 16.5. The van der Waals surface area contributed by atoms with Crippen molar-refractivity contribution in [1.29, 1.82) is 0 Å². The van der Waals surface area contributed by atoms with E-state index in [1.165, 1.54) is 7.11 Å². The second kappa shape index (κ2) is 7.67. The fourth-order valence-electron chi connectivity index (χ4n) is 4.21. The molecule has 4 rings (SSSR count). The predicted molar refractivity (Wildman–Crippen MR) is 117 cm³/mol. The van der Waals surface area contributed by atoms with Gasteiger partial charge in [0.25, 0.3) is 0 Å². The molecule has 1 aliphatic heterocycles. The van der Waals surface area contributed by atoms with E-state index < -0.39 is 17.8 Å². The van der Waals surface area contributed by atoms with Gasteiger partial charge in [-0.25, -0.2) is 0 Å². The first-order valence-corrected chi connectivity index (χ1v) is 10.4. The number of rotatable bonds is 2. The first-order valence-electron chi connectivity index (χ1n) is 9.62.